The van der Waals surface area contributed by atoms with Crippen molar-refractivity contribution >= 4 is 0 Å². The van der Waals surface area contributed by atoms with Gasteiger partial charge in [-0.3, -0.25) is 0 Å². The van der Waals surface area contributed by atoms with Gasteiger partial charge in [0.25, 0.3) is 0 Å². The molecule has 1 aromatic carbocycles. The first kappa shape index (κ1) is 12.6. The number of likely N-dealkylation sites (N-methyl/N-ethyl adjacent to an activating group) is 1. The second-order valence-electron chi connectivity index (χ2n) is 7.18. The van der Waals surface area contributed by atoms with Crippen LogP contribution in [0.3, 0.4) is 0 Å². The van der Waals surface area contributed by atoms with Gasteiger partial charge in [-0.15, -0.1) is 0 Å². The molecule has 0 fully saturated rings. The van der Waals surface area contributed by atoms with E-state index in [2.05, 4.69) is 64.8 Å². The summed E-state index contributed by atoms with van der Waals surface area (Å²) >= 11 is 0. The molecule has 0 saturated heterocycles. The van der Waals surface area contributed by atoms with E-state index in [0.717, 1.165) is 13.1 Å². The summed E-state index contributed by atoms with van der Waals surface area (Å²) in [6.45, 7) is 13.8. The summed E-state index contributed by atoms with van der Waals surface area (Å²) in [4.78, 5) is 2.42. The topological polar surface area (TPSA) is 3.24 Å². The lowest BCUT2D eigenvalue weighted by atomic mass is 9.75. The zero-order valence-electron chi connectivity index (χ0n) is 12.1. The van der Waals surface area contributed by atoms with Gasteiger partial charge in [-0.25, -0.2) is 0 Å². The average molecular weight is 231 g/mol. The van der Waals surface area contributed by atoms with Crippen molar-refractivity contribution in [1.82, 2.24) is 4.90 Å². The number of fused-ring (bicyclic) bond motifs is 1. The van der Waals surface area contributed by atoms with E-state index in [1.165, 1.54) is 11.1 Å². The normalized spacial score (nSPS) is 20.1. The van der Waals surface area contributed by atoms with Crippen LogP contribution in [0.2, 0.25) is 0 Å². The smallest absolute Gasteiger partial charge is 0.0234 e. The van der Waals surface area contributed by atoms with Gasteiger partial charge in [0.15, 0.2) is 0 Å². The predicted molar refractivity (Wildman–Crippen MR) is 74.5 cm³/mol. The van der Waals surface area contributed by atoms with Crippen molar-refractivity contribution in [2.45, 2.75) is 52.0 Å². The number of hydrogen-bond acceptors (Lipinski definition) is 1. The van der Waals surface area contributed by atoms with Crippen LogP contribution >= 0.6 is 0 Å². The van der Waals surface area contributed by atoms with Gasteiger partial charge in [-0.1, -0.05) is 52.8 Å². The van der Waals surface area contributed by atoms with Crippen LogP contribution in [-0.2, 0) is 17.4 Å². The van der Waals surface area contributed by atoms with E-state index < -0.39 is 0 Å². The van der Waals surface area contributed by atoms with Crippen molar-refractivity contribution in [3.05, 3.63) is 34.9 Å². The van der Waals surface area contributed by atoms with Gasteiger partial charge >= 0.3 is 0 Å². The summed E-state index contributed by atoms with van der Waals surface area (Å²) < 4.78 is 0. The van der Waals surface area contributed by atoms with E-state index in [4.69, 9.17) is 0 Å². The lowest BCUT2D eigenvalue weighted by Gasteiger charge is -2.39. The molecule has 1 heterocycles. The minimum Gasteiger partial charge on any atom is -0.301 e. The molecule has 0 atom stereocenters. The van der Waals surface area contributed by atoms with E-state index in [1.807, 2.05) is 0 Å². The van der Waals surface area contributed by atoms with E-state index in [0.29, 0.717) is 0 Å². The third-order valence-electron chi connectivity index (χ3n) is 3.81. The fourth-order valence-electron chi connectivity index (χ4n) is 2.92. The molecule has 94 valence electrons. The highest BCUT2D eigenvalue weighted by Crippen LogP contribution is 2.35. The summed E-state index contributed by atoms with van der Waals surface area (Å²) in [5.41, 5.74) is 5.01. The first-order valence-electron chi connectivity index (χ1n) is 6.52. The zero-order chi connectivity index (χ0) is 12.8. The number of hydrogen-bond donors (Lipinski definition) is 0. The molecule has 0 radical (unpaired) electrons. The second kappa shape index (κ2) is 3.84. The molecule has 0 amide bonds. The Hall–Kier alpha value is -0.820. The largest absolute Gasteiger partial charge is 0.301 e. The number of rotatable bonds is 0. The van der Waals surface area contributed by atoms with E-state index >= 15 is 0 Å². The highest BCUT2D eigenvalue weighted by molar-refractivity contribution is 5.41. The van der Waals surface area contributed by atoms with Crippen LogP contribution in [0, 0.1) is 0 Å². The Kier molecular flexibility index (Phi) is 2.86. The fourth-order valence-corrected chi connectivity index (χ4v) is 2.92. The average Bonchev–Trinajstić information content (AvgIpc) is 2.13. The molecular formula is C16H25N. The van der Waals surface area contributed by atoms with Crippen LogP contribution in [0.15, 0.2) is 18.2 Å². The standard InChI is InChI=1S/C16H25N/c1-15(2,3)13-8-7-12-10-17(6)11-16(4,5)14(12)9-13/h7-9H,10-11H2,1-6H3. The van der Waals surface area contributed by atoms with Gasteiger partial charge in [0, 0.05) is 18.5 Å². The maximum absolute atomic E-state index is 2.43. The van der Waals surface area contributed by atoms with Gasteiger partial charge in [0.2, 0.25) is 0 Å². The summed E-state index contributed by atoms with van der Waals surface area (Å²) in [7, 11) is 2.21. The van der Waals surface area contributed by atoms with Crippen molar-refractivity contribution < 1.29 is 0 Å². The molecule has 17 heavy (non-hydrogen) atoms. The van der Waals surface area contributed by atoms with E-state index in [9.17, 15) is 0 Å². The summed E-state index contributed by atoms with van der Waals surface area (Å²) in [6, 6.07) is 7.06. The highest BCUT2D eigenvalue weighted by Gasteiger charge is 2.31. The Morgan fingerprint density at radius 2 is 1.82 bits per heavy atom. The minimum absolute atomic E-state index is 0.245. The van der Waals surface area contributed by atoms with Crippen molar-refractivity contribution in [2.75, 3.05) is 13.6 Å². The molecular weight excluding hydrogens is 206 g/mol. The summed E-state index contributed by atoms with van der Waals surface area (Å²) in [5, 5.41) is 0. The molecule has 0 spiro atoms. The van der Waals surface area contributed by atoms with Gasteiger partial charge in [0.1, 0.15) is 0 Å². The van der Waals surface area contributed by atoms with Crippen LogP contribution < -0.4 is 0 Å². The third kappa shape index (κ3) is 2.40. The molecule has 1 aromatic rings. The van der Waals surface area contributed by atoms with Gasteiger partial charge in [-0.2, -0.15) is 0 Å². The second-order valence-corrected chi connectivity index (χ2v) is 7.18. The molecule has 1 aliphatic heterocycles. The molecule has 0 N–H and O–H groups in total. The SMILES string of the molecule is CN1Cc2ccc(C(C)(C)C)cc2C(C)(C)C1. The Balaban J connectivity index is 2.51. The van der Waals surface area contributed by atoms with Crippen molar-refractivity contribution in [2.24, 2.45) is 0 Å². The van der Waals surface area contributed by atoms with E-state index in [-0.39, 0.29) is 10.8 Å². The van der Waals surface area contributed by atoms with Crippen molar-refractivity contribution in [3.63, 3.8) is 0 Å². The quantitative estimate of drug-likeness (QED) is 0.658. The lowest BCUT2D eigenvalue weighted by Crippen LogP contribution is -2.40. The maximum Gasteiger partial charge on any atom is 0.0234 e. The van der Waals surface area contributed by atoms with Crippen LogP contribution in [0.25, 0.3) is 0 Å². The monoisotopic (exact) mass is 231 g/mol. The van der Waals surface area contributed by atoms with Crippen molar-refractivity contribution in [1.29, 1.82) is 0 Å². The third-order valence-corrected chi connectivity index (χ3v) is 3.81. The highest BCUT2D eigenvalue weighted by atomic mass is 15.1. The van der Waals surface area contributed by atoms with E-state index in [1.54, 1.807) is 5.56 Å². The molecule has 0 aliphatic carbocycles. The van der Waals surface area contributed by atoms with Gasteiger partial charge in [0.05, 0.1) is 0 Å². The maximum atomic E-state index is 2.43. The Bertz CT molecular complexity index is 424. The summed E-state index contributed by atoms with van der Waals surface area (Å²) in [6.07, 6.45) is 0. The number of nitrogens with zero attached hydrogens (tertiary/aromatic N) is 1. The zero-order valence-corrected chi connectivity index (χ0v) is 12.1. The molecule has 0 saturated carbocycles. The lowest BCUT2D eigenvalue weighted by molar-refractivity contribution is 0.235. The van der Waals surface area contributed by atoms with Gasteiger partial charge < -0.3 is 4.90 Å². The van der Waals surface area contributed by atoms with Gasteiger partial charge in [-0.05, 0) is 29.2 Å². The molecule has 0 unspecified atom stereocenters. The number of benzene rings is 1. The van der Waals surface area contributed by atoms with Crippen LogP contribution in [-0.4, -0.2) is 18.5 Å². The molecule has 0 bridgehead atoms. The van der Waals surface area contributed by atoms with Crippen LogP contribution in [0.1, 0.15) is 51.3 Å². The Morgan fingerprint density at radius 1 is 1.18 bits per heavy atom. The molecule has 2 rings (SSSR count). The molecule has 1 aliphatic rings. The molecule has 1 heteroatoms. The Morgan fingerprint density at radius 3 is 2.41 bits per heavy atom. The first-order chi connectivity index (χ1) is 7.70. The first-order valence-corrected chi connectivity index (χ1v) is 6.52. The van der Waals surface area contributed by atoms with Crippen LogP contribution in [0.4, 0.5) is 0 Å². The Labute approximate surface area is 106 Å². The minimum atomic E-state index is 0.245. The molecule has 1 nitrogen and oxygen atoms in total. The van der Waals surface area contributed by atoms with Crippen LogP contribution in [0.5, 0.6) is 0 Å². The van der Waals surface area contributed by atoms with Crippen molar-refractivity contribution in [3.8, 4) is 0 Å². The molecule has 0 aromatic heterocycles. The predicted octanol–water partition coefficient (Wildman–Crippen LogP) is 3.71. The fraction of sp³-hybridized carbons (Fsp3) is 0.625. The summed E-state index contributed by atoms with van der Waals surface area (Å²) in [5.74, 6) is 0.